The highest BCUT2D eigenvalue weighted by Crippen LogP contribution is 2.55. The Hall–Kier alpha value is -1.10. The van der Waals surface area contributed by atoms with E-state index in [1.54, 1.807) is 0 Å². The summed E-state index contributed by atoms with van der Waals surface area (Å²) in [5, 5.41) is 0. The average molecular weight is 344 g/mol. The fourth-order valence-electron chi connectivity index (χ4n) is 5.32. The number of fused-ring (bicyclic) bond motifs is 1. The Kier molecular flexibility index (Phi) is 4.55. The molecule has 0 amide bonds. The number of benzene rings is 1. The minimum absolute atomic E-state index is 0.136. The molecule has 25 heavy (non-hydrogen) atoms. The molecule has 3 saturated heterocycles. The molecule has 3 aliphatic rings. The van der Waals surface area contributed by atoms with E-state index in [-0.39, 0.29) is 11.7 Å². The van der Waals surface area contributed by atoms with E-state index >= 15 is 0 Å². The van der Waals surface area contributed by atoms with Crippen molar-refractivity contribution in [2.75, 3.05) is 33.7 Å². The van der Waals surface area contributed by atoms with Crippen LogP contribution in [0.5, 0.6) is 5.75 Å². The van der Waals surface area contributed by atoms with Gasteiger partial charge in [0.15, 0.2) is 0 Å². The number of hydrogen-bond donors (Lipinski definition) is 0. The van der Waals surface area contributed by atoms with Crippen LogP contribution in [0.1, 0.15) is 32.3 Å². The number of ether oxygens (including phenoxy) is 2. The normalized spacial score (nSPS) is 34.2. The molecule has 1 aromatic carbocycles. The predicted molar refractivity (Wildman–Crippen MR) is 99.9 cm³/mol. The quantitative estimate of drug-likeness (QED) is 0.792. The molecule has 4 nitrogen and oxygen atoms in total. The van der Waals surface area contributed by atoms with Crippen LogP contribution < -0.4 is 4.74 Å². The molecule has 3 heterocycles. The third kappa shape index (κ3) is 3.32. The molecule has 0 aromatic heterocycles. The minimum atomic E-state index is 0.136. The molecule has 1 spiro atoms. The van der Waals surface area contributed by atoms with Gasteiger partial charge >= 0.3 is 0 Å². The smallest absolute Gasteiger partial charge is 0.120 e. The lowest BCUT2D eigenvalue weighted by Gasteiger charge is -2.31. The molecule has 4 atom stereocenters. The minimum Gasteiger partial charge on any atom is -0.491 e. The van der Waals surface area contributed by atoms with Crippen molar-refractivity contribution in [1.82, 2.24) is 9.80 Å². The van der Waals surface area contributed by atoms with Crippen LogP contribution in [0.4, 0.5) is 0 Å². The molecular formula is C21H32N2O2. The fourth-order valence-corrected chi connectivity index (χ4v) is 5.32. The van der Waals surface area contributed by atoms with E-state index in [9.17, 15) is 0 Å². The Morgan fingerprint density at radius 3 is 2.96 bits per heavy atom. The number of hydrogen-bond acceptors (Lipinski definition) is 4. The Bertz CT molecular complexity index is 618. The van der Waals surface area contributed by atoms with Crippen molar-refractivity contribution in [1.29, 1.82) is 0 Å². The zero-order valence-electron chi connectivity index (χ0n) is 16.1. The van der Waals surface area contributed by atoms with Crippen LogP contribution in [0.15, 0.2) is 24.3 Å². The summed E-state index contributed by atoms with van der Waals surface area (Å²) in [6.45, 7) is 8.56. The largest absolute Gasteiger partial charge is 0.491 e. The molecule has 138 valence electrons. The Morgan fingerprint density at radius 1 is 1.36 bits per heavy atom. The Labute approximate surface area is 152 Å². The maximum absolute atomic E-state index is 6.55. The highest BCUT2D eigenvalue weighted by Gasteiger charge is 2.62. The second-order valence-corrected chi connectivity index (χ2v) is 8.78. The molecule has 0 radical (unpaired) electrons. The average Bonchev–Trinajstić information content (AvgIpc) is 3.16. The third-order valence-electron chi connectivity index (χ3n) is 6.11. The van der Waals surface area contributed by atoms with E-state index in [4.69, 9.17) is 9.47 Å². The van der Waals surface area contributed by atoms with Crippen molar-refractivity contribution in [3.05, 3.63) is 29.8 Å². The molecule has 4 heteroatoms. The summed E-state index contributed by atoms with van der Waals surface area (Å²) in [4.78, 5) is 4.93. The second-order valence-electron chi connectivity index (χ2n) is 8.78. The molecule has 0 saturated carbocycles. The van der Waals surface area contributed by atoms with E-state index in [2.05, 4.69) is 62.0 Å². The first-order chi connectivity index (χ1) is 11.9. The summed E-state index contributed by atoms with van der Waals surface area (Å²) in [7, 11) is 4.37. The predicted octanol–water partition coefficient (Wildman–Crippen LogP) is 3.01. The van der Waals surface area contributed by atoms with Crippen LogP contribution in [-0.2, 0) is 11.3 Å². The van der Waals surface area contributed by atoms with E-state index in [0.717, 1.165) is 25.4 Å². The lowest BCUT2D eigenvalue weighted by molar-refractivity contribution is 0.00145. The highest BCUT2D eigenvalue weighted by atomic mass is 16.5. The van der Waals surface area contributed by atoms with Crippen molar-refractivity contribution in [2.24, 2.45) is 11.8 Å². The van der Waals surface area contributed by atoms with Gasteiger partial charge in [-0.3, -0.25) is 4.90 Å². The van der Waals surface area contributed by atoms with E-state index in [0.29, 0.717) is 17.9 Å². The first kappa shape index (κ1) is 17.3. The molecular weight excluding hydrogens is 312 g/mol. The van der Waals surface area contributed by atoms with Gasteiger partial charge in [0, 0.05) is 38.0 Å². The molecule has 1 aromatic rings. The molecule has 4 rings (SSSR count). The molecule has 3 aliphatic heterocycles. The maximum Gasteiger partial charge on any atom is 0.120 e. The van der Waals surface area contributed by atoms with Crippen molar-refractivity contribution in [3.63, 3.8) is 0 Å². The monoisotopic (exact) mass is 344 g/mol. The van der Waals surface area contributed by atoms with Gasteiger partial charge in [-0.1, -0.05) is 12.1 Å². The summed E-state index contributed by atoms with van der Waals surface area (Å²) in [5.74, 6) is 2.38. The fraction of sp³-hybridized carbons (Fsp3) is 0.714. The van der Waals surface area contributed by atoms with Gasteiger partial charge in [0.25, 0.3) is 0 Å². The lowest BCUT2D eigenvalue weighted by Crippen LogP contribution is -2.40. The number of rotatable bonds is 6. The van der Waals surface area contributed by atoms with Crippen molar-refractivity contribution >= 4 is 0 Å². The molecule has 0 aliphatic carbocycles. The van der Waals surface area contributed by atoms with Gasteiger partial charge in [0.05, 0.1) is 17.8 Å². The van der Waals surface area contributed by atoms with Gasteiger partial charge < -0.3 is 14.4 Å². The topological polar surface area (TPSA) is 24.9 Å². The second kappa shape index (κ2) is 6.57. The van der Waals surface area contributed by atoms with Crippen LogP contribution in [0.25, 0.3) is 0 Å². The van der Waals surface area contributed by atoms with E-state index in [1.807, 2.05) is 0 Å². The standard InChI is InChI=1S/C21H32N2O2/c1-15(2)24-17-7-5-6-16(10-17)11-23-13-19-18(12-22(3)4)20-8-9-21(19,14-23)25-20/h5-7,10,15,18-20H,8-9,11-14H2,1-4H3/t18-,19+,20+,21+/m0/s1. The zero-order valence-corrected chi connectivity index (χ0v) is 16.1. The Balaban J connectivity index is 1.44. The van der Waals surface area contributed by atoms with Crippen LogP contribution in [0, 0.1) is 11.8 Å². The van der Waals surface area contributed by atoms with Gasteiger partial charge in [-0.05, 0) is 58.5 Å². The molecule has 2 bridgehead atoms. The van der Waals surface area contributed by atoms with Crippen LogP contribution >= 0.6 is 0 Å². The van der Waals surface area contributed by atoms with E-state index < -0.39 is 0 Å². The van der Waals surface area contributed by atoms with Crippen LogP contribution in [-0.4, -0.2) is 61.3 Å². The summed E-state index contributed by atoms with van der Waals surface area (Å²) < 4.78 is 12.4. The van der Waals surface area contributed by atoms with Gasteiger partial charge in [0.2, 0.25) is 0 Å². The molecule has 0 unspecified atom stereocenters. The SMILES string of the molecule is CC(C)Oc1cccc(CN2C[C@@H]3[C@H](CN(C)C)[C@H]4CC[C@]3(C2)O4)c1. The molecule has 0 N–H and O–H groups in total. The highest BCUT2D eigenvalue weighted by molar-refractivity contribution is 5.29. The Morgan fingerprint density at radius 2 is 2.20 bits per heavy atom. The lowest BCUT2D eigenvalue weighted by atomic mass is 9.73. The molecule has 3 fully saturated rings. The summed E-state index contributed by atoms with van der Waals surface area (Å²) in [5.41, 5.74) is 1.48. The van der Waals surface area contributed by atoms with Crippen LogP contribution in [0.3, 0.4) is 0 Å². The number of likely N-dealkylation sites (tertiary alicyclic amines) is 1. The van der Waals surface area contributed by atoms with Gasteiger partial charge in [-0.2, -0.15) is 0 Å². The van der Waals surface area contributed by atoms with Crippen LogP contribution in [0.2, 0.25) is 0 Å². The summed E-state index contributed by atoms with van der Waals surface area (Å²) in [6, 6.07) is 8.58. The van der Waals surface area contributed by atoms with Crippen molar-refractivity contribution in [2.45, 2.75) is 51.0 Å². The van der Waals surface area contributed by atoms with Gasteiger partial charge in [0.1, 0.15) is 5.75 Å². The van der Waals surface area contributed by atoms with Crippen molar-refractivity contribution in [3.8, 4) is 5.75 Å². The summed E-state index contributed by atoms with van der Waals surface area (Å²) in [6.07, 6.45) is 3.22. The zero-order chi connectivity index (χ0) is 17.6. The number of nitrogens with zero attached hydrogens (tertiary/aromatic N) is 2. The maximum atomic E-state index is 6.55. The van der Waals surface area contributed by atoms with E-state index in [1.165, 1.54) is 24.9 Å². The van der Waals surface area contributed by atoms with Gasteiger partial charge in [-0.15, -0.1) is 0 Å². The van der Waals surface area contributed by atoms with Gasteiger partial charge in [-0.25, -0.2) is 0 Å². The third-order valence-corrected chi connectivity index (χ3v) is 6.11. The first-order valence-electron chi connectivity index (χ1n) is 9.76. The summed E-state index contributed by atoms with van der Waals surface area (Å²) >= 11 is 0. The van der Waals surface area contributed by atoms with Crippen molar-refractivity contribution < 1.29 is 9.47 Å². The first-order valence-corrected chi connectivity index (χ1v) is 9.76.